The van der Waals surface area contributed by atoms with Crippen LogP contribution in [0.15, 0.2) is 52.1 Å². The number of amides is 1. The maximum atomic E-state index is 13.3. The van der Waals surface area contributed by atoms with Crippen molar-refractivity contribution in [2.24, 2.45) is 5.41 Å². The number of aromatic nitrogens is 3. The summed E-state index contributed by atoms with van der Waals surface area (Å²) in [5, 5.41) is 35.2. The van der Waals surface area contributed by atoms with E-state index in [0.717, 1.165) is 17.0 Å². The molecule has 1 fully saturated rings. The number of hydrogen-bond donors (Lipinski definition) is 3. The van der Waals surface area contributed by atoms with Gasteiger partial charge in [-0.3, -0.25) is 4.98 Å². The molecule has 1 saturated heterocycles. The summed E-state index contributed by atoms with van der Waals surface area (Å²) in [4.78, 5) is 18.4. The molecule has 9 nitrogen and oxygen atoms in total. The van der Waals surface area contributed by atoms with E-state index in [4.69, 9.17) is 4.52 Å². The fourth-order valence-electron chi connectivity index (χ4n) is 4.33. The number of hydrogen-bond acceptors (Lipinski definition) is 7. The van der Waals surface area contributed by atoms with Crippen LogP contribution in [0.25, 0.3) is 11.4 Å². The van der Waals surface area contributed by atoms with Crippen LogP contribution in [-0.4, -0.2) is 54.5 Å². The zero-order chi connectivity index (χ0) is 27.7. The van der Waals surface area contributed by atoms with E-state index < -0.39 is 37.8 Å². The largest absolute Gasteiger partial charge is 0.465 e. The molecule has 3 aromatic rings. The van der Waals surface area contributed by atoms with Crippen molar-refractivity contribution in [2.75, 3.05) is 13.1 Å². The SMILES string of the molecule is CC(C)(O)c1nc(-c2cncc(C(O)(c3ccc(S(F)(F)(F)(F)F)cc3)C3(C)CN(C(=O)O)C3)c2)no1. The number of benzene rings is 1. The fourth-order valence-corrected chi connectivity index (χ4v) is 4.98. The molecule has 1 amide bonds. The number of halogens is 5. The van der Waals surface area contributed by atoms with Crippen LogP contribution in [0, 0.1) is 5.41 Å². The van der Waals surface area contributed by atoms with Crippen molar-refractivity contribution in [3.05, 3.63) is 59.7 Å². The molecule has 1 aromatic carbocycles. The lowest BCUT2D eigenvalue weighted by Gasteiger charge is -2.55. The lowest BCUT2D eigenvalue weighted by molar-refractivity contribution is -0.124. The van der Waals surface area contributed by atoms with Gasteiger partial charge in [0.25, 0.3) is 5.89 Å². The molecule has 1 aliphatic rings. The molecule has 2 aromatic heterocycles. The highest BCUT2D eigenvalue weighted by molar-refractivity contribution is 8.45. The monoisotopic (exact) mass is 550 g/mol. The van der Waals surface area contributed by atoms with Crippen LogP contribution in [-0.2, 0) is 11.2 Å². The number of nitrogens with zero attached hydrogens (tertiary/aromatic N) is 4. The maximum Gasteiger partial charge on any atom is 0.407 e. The molecular formula is C22H23F5N4O5S. The Balaban J connectivity index is 1.84. The van der Waals surface area contributed by atoms with Gasteiger partial charge in [0.05, 0.1) is 0 Å². The van der Waals surface area contributed by atoms with Crippen LogP contribution >= 0.6 is 10.2 Å². The van der Waals surface area contributed by atoms with Crippen LogP contribution in [0.4, 0.5) is 24.2 Å². The second-order valence-corrected chi connectivity index (χ2v) is 12.3. The normalized spacial score (nSPS) is 19.4. The van der Waals surface area contributed by atoms with E-state index >= 15 is 0 Å². The van der Waals surface area contributed by atoms with Crippen molar-refractivity contribution in [3.8, 4) is 11.4 Å². The van der Waals surface area contributed by atoms with Crippen molar-refractivity contribution < 1.29 is 44.1 Å². The van der Waals surface area contributed by atoms with Crippen LogP contribution < -0.4 is 0 Å². The number of pyridine rings is 1. The molecule has 1 aliphatic heterocycles. The van der Waals surface area contributed by atoms with Gasteiger partial charge >= 0.3 is 16.3 Å². The Hall–Kier alpha value is -3.30. The molecule has 4 rings (SSSR count). The third-order valence-corrected chi connectivity index (χ3v) is 7.47. The number of carbonyl (C=O) groups is 1. The minimum atomic E-state index is -9.97. The summed E-state index contributed by atoms with van der Waals surface area (Å²) in [6.45, 7) is 3.92. The van der Waals surface area contributed by atoms with Gasteiger partial charge in [-0.15, -0.1) is 0 Å². The van der Waals surface area contributed by atoms with Gasteiger partial charge in [-0.25, -0.2) is 4.79 Å². The van der Waals surface area contributed by atoms with E-state index in [2.05, 4.69) is 15.1 Å². The van der Waals surface area contributed by atoms with Crippen LogP contribution in [0.3, 0.4) is 0 Å². The maximum absolute atomic E-state index is 13.3. The first-order valence-corrected chi connectivity index (χ1v) is 12.7. The Morgan fingerprint density at radius 2 is 1.65 bits per heavy atom. The first-order valence-electron chi connectivity index (χ1n) is 10.7. The molecular weight excluding hydrogens is 527 g/mol. The minimum absolute atomic E-state index is 0.0176. The second-order valence-electron chi connectivity index (χ2n) is 9.85. The molecule has 15 heteroatoms. The number of rotatable bonds is 6. The first kappa shape index (κ1) is 26.8. The highest BCUT2D eigenvalue weighted by Gasteiger charge is 2.65. The highest BCUT2D eigenvalue weighted by atomic mass is 32.5. The summed E-state index contributed by atoms with van der Waals surface area (Å²) >= 11 is 0. The third-order valence-electron chi connectivity index (χ3n) is 6.30. The zero-order valence-electron chi connectivity index (χ0n) is 19.7. The molecule has 202 valence electrons. The van der Waals surface area contributed by atoms with E-state index in [1.807, 2.05) is 0 Å². The van der Waals surface area contributed by atoms with Gasteiger partial charge in [0.2, 0.25) is 5.82 Å². The average Bonchev–Trinajstić information content (AvgIpc) is 3.26. The number of aliphatic hydroxyl groups is 2. The van der Waals surface area contributed by atoms with E-state index in [9.17, 15) is 39.5 Å². The molecule has 3 heterocycles. The molecule has 3 N–H and O–H groups in total. The predicted molar refractivity (Wildman–Crippen MR) is 121 cm³/mol. The standard InChI is InChI=1S/C22H23F5N4O5S/c1-20(2,34)18-29-17(30-36-18)13-8-15(10-28-9-13)22(35,21(3)11-31(12-21)19(32)33)14-4-6-16(7-5-14)37(23,24,25,26)27/h4-10,34-35H,11-12H2,1-3H3,(H,32,33). The molecule has 0 spiro atoms. The van der Waals surface area contributed by atoms with Gasteiger partial charge in [-0.2, -0.15) is 4.98 Å². The molecule has 0 aliphatic carbocycles. The van der Waals surface area contributed by atoms with E-state index in [0.29, 0.717) is 0 Å². The van der Waals surface area contributed by atoms with Gasteiger partial charge in [0, 0.05) is 42.0 Å². The molecule has 0 radical (unpaired) electrons. The quantitative estimate of drug-likeness (QED) is 0.355. The zero-order valence-corrected chi connectivity index (χ0v) is 20.5. The molecule has 0 bridgehead atoms. The van der Waals surface area contributed by atoms with E-state index in [1.165, 1.54) is 39.2 Å². The first-order chi connectivity index (χ1) is 16.6. The Morgan fingerprint density at radius 1 is 1.05 bits per heavy atom. The second kappa shape index (κ2) is 7.39. The Morgan fingerprint density at radius 3 is 2.14 bits per heavy atom. The third kappa shape index (κ3) is 4.73. The summed E-state index contributed by atoms with van der Waals surface area (Å²) < 4.78 is 71.5. The van der Waals surface area contributed by atoms with Crippen molar-refractivity contribution in [3.63, 3.8) is 0 Å². The van der Waals surface area contributed by atoms with Gasteiger partial charge in [-0.1, -0.05) is 43.6 Å². The smallest absolute Gasteiger partial charge is 0.407 e. The minimum Gasteiger partial charge on any atom is -0.465 e. The van der Waals surface area contributed by atoms with Crippen LogP contribution in [0.2, 0.25) is 0 Å². The van der Waals surface area contributed by atoms with Gasteiger partial charge in [0.1, 0.15) is 16.1 Å². The predicted octanol–water partition coefficient (Wildman–Crippen LogP) is 5.25. The average molecular weight is 551 g/mol. The topological polar surface area (TPSA) is 133 Å². The summed E-state index contributed by atoms with van der Waals surface area (Å²) in [6, 6.07) is 3.21. The fraction of sp³-hybridized carbons (Fsp3) is 0.364. The number of carboxylic acid groups (broad SMARTS) is 1. The lowest BCUT2D eigenvalue weighted by atomic mass is 9.62. The summed E-state index contributed by atoms with van der Waals surface area (Å²) in [5.74, 6) is -0.131. The lowest BCUT2D eigenvalue weighted by Crippen LogP contribution is -2.66. The summed E-state index contributed by atoms with van der Waals surface area (Å²) in [6.07, 6.45) is 1.26. The van der Waals surface area contributed by atoms with Crippen molar-refractivity contribution >= 4 is 16.3 Å². The molecule has 1 atom stereocenters. The number of likely N-dealkylation sites (tertiary alicyclic amines) is 1. The Labute approximate surface area is 207 Å². The highest BCUT2D eigenvalue weighted by Crippen LogP contribution is 3.02. The van der Waals surface area contributed by atoms with E-state index in [1.54, 1.807) is 0 Å². The summed E-state index contributed by atoms with van der Waals surface area (Å²) in [7, 11) is -9.97. The molecule has 1 unspecified atom stereocenters. The van der Waals surface area contributed by atoms with Crippen molar-refractivity contribution in [2.45, 2.75) is 36.9 Å². The Kier molecular flexibility index (Phi) is 5.34. The van der Waals surface area contributed by atoms with Gasteiger partial charge < -0.3 is 24.7 Å². The van der Waals surface area contributed by atoms with Gasteiger partial charge in [0.15, 0.2) is 0 Å². The van der Waals surface area contributed by atoms with Crippen LogP contribution in [0.1, 0.15) is 37.8 Å². The van der Waals surface area contributed by atoms with E-state index in [-0.39, 0.29) is 53.6 Å². The van der Waals surface area contributed by atoms with Crippen molar-refractivity contribution in [1.82, 2.24) is 20.0 Å². The van der Waals surface area contributed by atoms with Gasteiger partial charge in [-0.05, 0) is 37.6 Å². The van der Waals surface area contributed by atoms with Crippen molar-refractivity contribution in [1.29, 1.82) is 0 Å². The van der Waals surface area contributed by atoms with Crippen LogP contribution in [0.5, 0.6) is 0 Å². The molecule has 37 heavy (non-hydrogen) atoms. The Bertz CT molecular complexity index is 1370. The molecule has 0 saturated carbocycles. The summed E-state index contributed by atoms with van der Waals surface area (Å²) in [5.41, 5.74) is -4.86.